The van der Waals surface area contributed by atoms with Crippen molar-refractivity contribution in [2.45, 2.75) is 70.6 Å². The monoisotopic (exact) mass is 194 g/mol. The van der Waals surface area contributed by atoms with E-state index < -0.39 is 0 Å². The van der Waals surface area contributed by atoms with Crippen LogP contribution in [0, 0.1) is 19.3 Å². The van der Waals surface area contributed by atoms with Crippen LogP contribution in [-0.2, 0) is 0 Å². The van der Waals surface area contributed by atoms with Crippen LogP contribution in [0.25, 0.3) is 0 Å². The van der Waals surface area contributed by atoms with E-state index in [1.54, 1.807) is 0 Å². The predicted molar refractivity (Wildman–Crippen MR) is 63.9 cm³/mol. The summed E-state index contributed by atoms with van der Waals surface area (Å²) < 4.78 is 0. The van der Waals surface area contributed by atoms with Gasteiger partial charge in [0, 0.05) is 0 Å². The van der Waals surface area contributed by atoms with Crippen molar-refractivity contribution in [1.29, 1.82) is 0 Å². The summed E-state index contributed by atoms with van der Waals surface area (Å²) in [6, 6.07) is 0. The molecule has 0 aromatic rings. The first kappa shape index (κ1) is 12.1. The normalized spacial score (nSPS) is 18.6. The minimum atomic E-state index is 0.969. The van der Waals surface area contributed by atoms with Crippen molar-refractivity contribution >= 4 is 0 Å². The van der Waals surface area contributed by atoms with Crippen LogP contribution in [0.1, 0.15) is 70.6 Å². The second kappa shape index (κ2) is 8.32. The highest BCUT2D eigenvalue weighted by atomic mass is 14.2. The number of unbranched alkanes of at least 4 members (excludes halogenated alkanes) is 5. The fourth-order valence-corrected chi connectivity index (χ4v) is 2.40. The molecule has 0 nitrogen and oxygen atoms in total. The molecule has 82 valence electrons. The summed E-state index contributed by atoms with van der Waals surface area (Å²) in [7, 11) is 0. The Hall–Kier alpha value is 0. The summed E-state index contributed by atoms with van der Waals surface area (Å²) in [4.78, 5) is 0. The van der Waals surface area contributed by atoms with Gasteiger partial charge in [0.05, 0.1) is 0 Å². The molecule has 0 saturated heterocycles. The minimum absolute atomic E-state index is 0.969. The van der Waals surface area contributed by atoms with E-state index in [1.807, 2.05) is 0 Å². The van der Waals surface area contributed by atoms with E-state index in [4.69, 9.17) is 0 Å². The molecule has 1 atom stereocenters. The second-order valence-electron chi connectivity index (χ2n) is 4.69. The maximum absolute atomic E-state index is 3.87. The van der Waals surface area contributed by atoms with Gasteiger partial charge in [-0.25, -0.2) is 0 Å². The van der Waals surface area contributed by atoms with Crippen LogP contribution in [-0.4, -0.2) is 0 Å². The molecule has 1 aliphatic carbocycles. The molecule has 0 bridgehead atoms. The molecule has 0 spiro atoms. The van der Waals surface area contributed by atoms with Crippen LogP contribution in [0.5, 0.6) is 0 Å². The largest absolute Gasteiger partial charge is 0.0533 e. The van der Waals surface area contributed by atoms with Gasteiger partial charge in [-0.3, -0.25) is 0 Å². The van der Waals surface area contributed by atoms with Crippen molar-refractivity contribution in [3.63, 3.8) is 0 Å². The molecule has 0 amide bonds. The van der Waals surface area contributed by atoms with Gasteiger partial charge in [-0.2, -0.15) is 0 Å². The zero-order chi connectivity index (χ0) is 10.1. The van der Waals surface area contributed by atoms with Gasteiger partial charge in [0.1, 0.15) is 0 Å². The Bertz CT molecular complexity index is 111. The van der Waals surface area contributed by atoms with Crippen LogP contribution in [0.2, 0.25) is 0 Å². The molecule has 1 unspecified atom stereocenters. The molecule has 1 rings (SSSR count). The third-order valence-corrected chi connectivity index (χ3v) is 3.35. The van der Waals surface area contributed by atoms with Gasteiger partial charge in [-0.15, -0.1) is 0 Å². The van der Waals surface area contributed by atoms with Gasteiger partial charge < -0.3 is 0 Å². The zero-order valence-electron chi connectivity index (χ0n) is 9.64. The van der Waals surface area contributed by atoms with Gasteiger partial charge in [0.2, 0.25) is 0 Å². The molecule has 1 saturated carbocycles. The Labute approximate surface area is 90.5 Å². The fourth-order valence-electron chi connectivity index (χ4n) is 2.40. The number of hydrogen-bond acceptors (Lipinski definition) is 0. The Morgan fingerprint density at radius 1 is 1.00 bits per heavy atom. The van der Waals surface area contributed by atoms with Crippen molar-refractivity contribution in [3.8, 4) is 0 Å². The van der Waals surface area contributed by atoms with Crippen LogP contribution in [0.4, 0.5) is 0 Å². The van der Waals surface area contributed by atoms with E-state index in [1.165, 1.54) is 64.2 Å². The predicted octanol–water partition coefficient (Wildman–Crippen LogP) is 4.95. The lowest BCUT2D eigenvalue weighted by atomic mass is 9.85. The molecule has 0 aliphatic heterocycles. The first-order valence-corrected chi connectivity index (χ1v) is 6.56. The molecule has 0 N–H and O–H groups in total. The molecular formula is C14H26. The van der Waals surface area contributed by atoms with Crippen LogP contribution in [0.15, 0.2) is 0 Å². The quantitative estimate of drug-likeness (QED) is 0.503. The zero-order valence-corrected chi connectivity index (χ0v) is 9.64. The standard InChI is InChI=1S/C14H26/c1-2-3-4-5-6-8-11-14-12-9-7-10-13-14/h12,14H,1-11,13H2. The maximum Gasteiger partial charge on any atom is -0.0355 e. The van der Waals surface area contributed by atoms with Crippen LogP contribution < -0.4 is 0 Å². The molecule has 2 radical (unpaired) electrons. The maximum atomic E-state index is 3.87. The highest BCUT2D eigenvalue weighted by Crippen LogP contribution is 2.27. The Balaban J connectivity index is 1.82. The molecule has 1 fully saturated rings. The minimum Gasteiger partial charge on any atom is -0.0533 e. The Morgan fingerprint density at radius 3 is 2.50 bits per heavy atom. The molecule has 0 heteroatoms. The topological polar surface area (TPSA) is 0 Å². The highest BCUT2D eigenvalue weighted by molar-refractivity contribution is 4.80. The third kappa shape index (κ3) is 5.67. The second-order valence-corrected chi connectivity index (χ2v) is 4.69. The Kier molecular flexibility index (Phi) is 7.17. The van der Waals surface area contributed by atoms with Crippen molar-refractivity contribution in [1.82, 2.24) is 0 Å². The van der Waals surface area contributed by atoms with Gasteiger partial charge >= 0.3 is 0 Å². The summed E-state index contributed by atoms with van der Waals surface area (Å²) in [6.07, 6.45) is 18.0. The number of rotatable bonds is 7. The first-order chi connectivity index (χ1) is 6.93. The van der Waals surface area contributed by atoms with E-state index >= 15 is 0 Å². The molecule has 0 aromatic carbocycles. The first-order valence-electron chi connectivity index (χ1n) is 6.56. The van der Waals surface area contributed by atoms with Crippen molar-refractivity contribution in [2.24, 2.45) is 5.92 Å². The summed E-state index contributed by atoms with van der Waals surface area (Å²) in [6.45, 7) is 3.87. The van der Waals surface area contributed by atoms with E-state index in [0.29, 0.717) is 0 Å². The third-order valence-electron chi connectivity index (χ3n) is 3.35. The van der Waals surface area contributed by atoms with Gasteiger partial charge in [0.15, 0.2) is 0 Å². The lowest BCUT2D eigenvalue weighted by Gasteiger charge is -2.20. The molecule has 1 aliphatic rings. The van der Waals surface area contributed by atoms with E-state index in [9.17, 15) is 0 Å². The van der Waals surface area contributed by atoms with E-state index in [2.05, 4.69) is 13.3 Å². The van der Waals surface area contributed by atoms with Gasteiger partial charge in [0.25, 0.3) is 0 Å². The highest BCUT2D eigenvalue weighted by Gasteiger charge is 2.12. The fraction of sp³-hybridized carbons (Fsp3) is 0.857. The molecular weight excluding hydrogens is 168 g/mol. The molecule has 14 heavy (non-hydrogen) atoms. The lowest BCUT2D eigenvalue weighted by Crippen LogP contribution is -2.06. The van der Waals surface area contributed by atoms with Crippen molar-refractivity contribution in [2.75, 3.05) is 0 Å². The SMILES string of the molecule is [CH2]CCCCCCCC1[CH]CCCC1. The lowest BCUT2D eigenvalue weighted by molar-refractivity contribution is 0.403. The Morgan fingerprint density at radius 2 is 1.79 bits per heavy atom. The summed E-state index contributed by atoms with van der Waals surface area (Å²) >= 11 is 0. The smallest absolute Gasteiger partial charge is 0.0355 e. The summed E-state index contributed by atoms with van der Waals surface area (Å²) in [5, 5.41) is 0. The van der Waals surface area contributed by atoms with Crippen LogP contribution in [0.3, 0.4) is 0 Å². The van der Waals surface area contributed by atoms with E-state index in [-0.39, 0.29) is 0 Å². The average molecular weight is 194 g/mol. The summed E-state index contributed by atoms with van der Waals surface area (Å²) in [5.74, 6) is 0.969. The van der Waals surface area contributed by atoms with Crippen molar-refractivity contribution < 1.29 is 0 Å². The molecule has 0 heterocycles. The van der Waals surface area contributed by atoms with Crippen LogP contribution >= 0.6 is 0 Å². The summed E-state index contributed by atoms with van der Waals surface area (Å²) in [5.41, 5.74) is 0. The van der Waals surface area contributed by atoms with Gasteiger partial charge in [-0.1, -0.05) is 71.1 Å². The average Bonchev–Trinajstić information content (AvgIpc) is 2.25. The number of hydrogen-bond donors (Lipinski definition) is 0. The van der Waals surface area contributed by atoms with E-state index in [0.717, 1.165) is 12.3 Å². The van der Waals surface area contributed by atoms with Gasteiger partial charge in [-0.05, 0) is 18.8 Å². The van der Waals surface area contributed by atoms with Crippen molar-refractivity contribution in [3.05, 3.63) is 13.3 Å². The molecule has 0 aromatic heterocycles.